The van der Waals surface area contributed by atoms with Crippen molar-refractivity contribution in [1.29, 1.82) is 0 Å². The second kappa shape index (κ2) is 10.9. The van der Waals surface area contributed by atoms with Crippen LogP contribution < -0.4 is 5.73 Å². The van der Waals surface area contributed by atoms with Crippen LogP contribution in [0.25, 0.3) is 21.5 Å². The summed E-state index contributed by atoms with van der Waals surface area (Å²) in [5.41, 5.74) is 10.8. The Morgan fingerprint density at radius 2 is 1.84 bits per heavy atom. The first-order chi connectivity index (χ1) is 18.7. The maximum atomic E-state index is 10.4. The van der Waals surface area contributed by atoms with Crippen LogP contribution in [0.3, 0.4) is 0 Å². The van der Waals surface area contributed by atoms with Gasteiger partial charge in [0.2, 0.25) is 0 Å². The number of fused-ring (bicyclic) bond motifs is 5. The van der Waals surface area contributed by atoms with E-state index in [1.165, 1.54) is 44.7 Å². The molecule has 1 aliphatic carbocycles. The van der Waals surface area contributed by atoms with Crippen LogP contribution in [0.2, 0.25) is 0 Å². The average molecular weight is 519 g/mol. The molecule has 1 aliphatic heterocycles. The van der Waals surface area contributed by atoms with Crippen LogP contribution in [-0.4, -0.2) is 25.1 Å². The van der Waals surface area contributed by atoms with Crippen molar-refractivity contribution >= 4 is 38.4 Å². The highest BCUT2D eigenvalue weighted by molar-refractivity contribution is 7.94. The lowest BCUT2D eigenvalue weighted by Crippen LogP contribution is -2.24. The molecular weight excluding hydrogens is 488 g/mol. The van der Waals surface area contributed by atoms with E-state index in [1.807, 2.05) is 41.5 Å². The van der Waals surface area contributed by atoms with Crippen LogP contribution in [0.5, 0.6) is 0 Å². The molecule has 3 aromatic carbocycles. The molecule has 5 aromatic rings. The lowest BCUT2D eigenvalue weighted by Gasteiger charge is -2.34. The summed E-state index contributed by atoms with van der Waals surface area (Å²) in [4.78, 5) is 4.42. The number of aromatic nitrogens is 3. The topological polar surface area (TPSA) is 79.8 Å². The fourth-order valence-corrected chi connectivity index (χ4v) is 6.51. The number of allylic oxidation sites excluding steroid dienone is 2. The van der Waals surface area contributed by atoms with Crippen LogP contribution in [0.1, 0.15) is 41.5 Å². The van der Waals surface area contributed by atoms with Crippen LogP contribution in [0.4, 0.5) is 5.69 Å². The number of pyridine rings is 1. The van der Waals surface area contributed by atoms with Gasteiger partial charge in [-0.05, 0) is 86.9 Å². The summed E-state index contributed by atoms with van der Waals surface area (Å²) in [6.45, 7) is 0. The first-order valence-corrected chi connectivity index (χ1v) is 14.4. The fourth-order valence-electron chi connectivity index (χ4n) is 5.83. The third kappa shape index (κ3) is 4.85. The standard InChI is InChI=1S/C27H24N4.C5H6OS/c28-21-16-30-31(17-21)27(20-7-4-14-29-15-20)25-9-3-6-19-11-12-23-22-8-2-1-5-18(22)10-13-24(23)26(19)25;6-7-4-2-1-3-5-7/h1-2,4-5,7-8,10-17,25,27H,3,6,9,28H2;1-4H,5H2. The Bertz CT molecular complexity index is 1630. The number of hydrogen-bond acceptors (Lipinski definition) is 4. The second-order valence-corrected chi connectivity index (χ2v) is 11.2. The number of nitrogens with zero attached hydrogens (tertiary/aromatic N) is 3. The Morgan fingerprint density at radius 1 is 0.947 bits per heavy atom. The van der Waals surface area contributed by atoms with Gasteiger partial charge in [0.05, 0.1) is 17.9 Å². The summed E-state index contributed by atoms with van der Waals surface area (Å²) in [6, 6.07) is 22.1. The molecule has 38 heavy (non-hydrogen) atoms. The Balaban J connectivity index is 0.000000330. The molecule has 0 spiro atoms. The second-order valence-electron chi connectivity index (χ2n) is 9.81. The summed E-state index contributed by atoms with van der Waals surface area (Å²) >= 11 is -0.708. The molecule has 0 radical (unpaired) electrons. The van der Waals surface area contributed by atoms with Gasteiger partial charge in [-0.2, -0.15) is 5.10 Å². The third-order valence-electron chi connectivity index (χ3n) is 7.44. The van der Waals surface area contributed by atoms with Crippen molar-refractivity contribution < 1.29 is 4.55 Å². The lowest BCUT2D eigenvalue weighted by atomic mass is 9.74. The minimum Gasteiger partial charge on any atom is -0.612 e. The number of nitrogens with two attached hydrogens (primary N) is 1. The fraction of sp³-hybridized carbons (Fsp3) is 0.188. The lowest BCUT2D eigenvalue weighted by molar-refractivity contribution is 0.395. The summed E-state index contributed by atoms with van der Waals surface area (Å²) in [5.74, 6) is 0.994. The van der Waals surface area contributed by atoms with E-state index in [0.717, 1.165) is 12.8 Å². The summed E-state index contributed by atoms with van der Waals surface area (Å²) in [6.07, 6.45) is 16.5. The maximum absolute atomic E-state index is 10.4. The first-order valence-electron chi connectivity index (χ1n) is 13.0. The number of anilines is 1. The maximum Gasteiger partial charge on any atom is 0.129 e. The van der Waals surface area contributed by atoms with Crippen molar-refractivity contribution in [2.45, 2.75) is 31.2 Å². The Morgan fingerprint density at radius 3 is 2.58 bits per heavy atom. The number of benzene rings is 3. The quantitative estimate of drug-likeness (QED) is 0.213. The molecule has 190 valence electrons. The molecule has 2 N–H and O–H groups in total. The molecule has 7 rings (SSSR count). The van der Waals surface area contributed by atoms with E-state index in [-0.39, 0.29) is 6.04 Å². The molecule has 3 heterocycles. The summed E-state index contributed by atoms with van der Waals surface area (Å²) in [5, 5.41) is 11.6. The van der Waals surface area contributed by atoms with Crippen molar-refractivity contribution in [3.05, 3.63) is 126 Å². The molecule has 0 saturated carbocycles. The molecule has 2 aliphatic rings. The third-order valence-corrected chi connectivity index (χ3v) is 8.42. The van der Waals surface area contributed by atoms with Crippen molar-refractivity contribution in [2.24, 2.45) is 0 Å². The zero-order chi connectivity index (χ0) is 25.9. The highest BCUT2D eigenvalue weighted by Crippen LogP contribution is 2.46. The molecular formula is C32H30N4OS. The van der Waals surface area contributed by atoms with Crippen LogP contribution in [0.15, 0.2) is 109 Å². The predicted octanol–water partition coefficient (Wildman–Crippen LogP) is 6.69. The molecule has 0 saturated heterocycles. The predicted molar refractivity (Wildman–Crippen MR) is 157 cm³/mol. The smallest absolute Gasteiger partial charge is 0.129 e. The van der Waals surface area contributed by atoms with E-state index in [1.54, 1.807) is 17.7 Å². The summed E-state index contributed by atoms with van der Waals surface area (Å²) in [7, 11) is 0. The van der Waals surface area contributed by atoms with Gasteiger partial charge in [-0.25, -0.2) is 0 Å². The monoisotopic (exact) mass is 518 g/mol. The molecule has 5 nitrogen and oxygen atoms in total. The van der Waals surface area contributed by atoms with Gasteiger partial charge in [0, 0.05) is 24.5 Å². The highest BCUT2D eigenvalue weighted by atomic mass is 32.2. The molecule has 0 amide bonds. The van der Waals surface area contributed by atoms with Gasteiger partial charge in [0.1, 0.15) is 11.2 Å². The normalized spacial score (nSPS) is 19.1. The van der Waals surface area contributed by atoms with E-state index in [4.69, 9.17) is 5.73 Å². The number of aryl methyl sites for hydroxylation is 1. The van der Waals surface area contributed by atoms with Crippen molar-refractivity contribution in [3.63, 3.8) is 0 Å². The molecule has 3 atom stereocenters. The van der Waals surface area contributed by atoms with E-state index in [0.29, 0.717) is 17.4 Å². The zero-order valence-electron chi connectivity index (χ0n) is 21.1. The van der Waals surface area contributed by atoms with Crippen molar-refractivity contribution in [3.8, 4) is 0 Å². The van der Waals surface area contributed by atoms with E-state index in [2.05, 4.69) is 64.7 Å². The van der Waals surface area contributed by atoms with Crippen molar-refractivity contribution in [2.75, 3.05) is 11.5 Å². The van der Waals surface area contributed by atoms with Gasteiger partial charge in [-0.3, -0.25) is 9.67 Å². The zero-order valence-corrected chi connectivity index (χ0v) is 21.9. The van der Waals surface area contributed by atoms with Crippen LogP contribution in [-0.2, 0) is 17.6 Å². The first kappa shape index (κ1) is 24.5. The number of nitrogen functional groups attached to an aromatic ring is 1. The summed E-state index contributed by atoms with van der Waals surface area (Å²) < 4.78 is 12.5. The van der Waals surface area contributed by atoms with Crippen molar-refractivity contribution in [1.82, 2.24) is 14.8 Å². The highest BCUT2D eigenvalue weighted by Gasteiger charge is 2.32. The van der Waals surface area contributed by atoms with Gasteiger partial charge < -0.3 is 10.3 Å². The number of rotatable bonds is 3. The van der Waals surface area contributed by atoms with Crippen LogP contribution in [0, 0.1) is 0 Å². The number of hydrogen-bond donors (Lipinski definition) is 1. The van der Waals surface area contributed by atoms with E-state index < -0.39 is 11.2 Å². The van der Waals surface area contributed by atoms with Gasteiger partial charge in [0.15, 0.2) is 0 Å². The minimum atomic E-state index is -0.708. The Hall–Kier alpha value is -3.87. The molecule has 6 heteroatoms. The molecule has 0 bridgehead atoms. The molecule has 0 fully saturated rings. The van der Waals surface area contributed by atoms with E-state index >= 15 is 0 Å². The van der Waals surface area contributed by atoms with E-state index in [9.17, 15) is 4.55 Å². The SMILES string of the molecule is Nc1cnn(C(c2cccnc2)C2CCCc3ccc4c(ccc5ccccc54)c32)c1.[O-][S+]1C=CC=CC1. The van der Waals surface area contributed by atoms with Gasteiger partial charge in [-0.15, -0.1) is 0 Å². The van der Waals surface area contributed by atoms with Gasteiger partial charge in [0.25, 0.3) is 0 Å². The largest absolute Gasteiger partial charge is 0.612 e. The van der Waals surface area contributed by atoms with Crippen LogP contribution >= 0.6 is 0 Å². The van der Waals surface area contributed by atoms with Gasteiger partial charge >= 0.3 is 0 Å². The minimum absolute atomic E-state index is 0.0575. The average Bonchev–Trinajstić information content (AvgIpc) is 3.39. The molecule has 2 aromatic heterocycles. The van der Waals surface area contributed by atoms with Gasteiger partial charge in [-0.1, -0.05) is 60.7 Å². The Kier molecular flexibility index (Phi) is 6.99. The Labute approximate surface area is 225 Å². The molecule has 3 unspecified atom stereocenters.